The summed E-state index contributed by atoms with van der Waals surface area (Å²) in [6.45, 7) is 7.31. The Hall–Kier alpha value is -4.87. The predicted octanol–water partition coefficient (Wildman–Crippen LogP) is 5.62. The van der Waals surface area contributed by atoms with Crippen molar-refractivity contribution in [3.05, 3.63) is 101 Å². The number of aromatic hydroxyl groups is 1. The number of likely N-dealkylation sites (N-methyl/N-ethyl adjacent to an activating group) is 1. The molecular weight excluding hydrogens is 578 g/mol. The first-order valence-electron chi connectivity index (χ1n) is 14.2. The van der Waals surface area contributed by atoms with Crippen molar-refractivity contribution in [2.75, 3.05) is 42.8 Å². The third kappa shape index (κ3) is 5.97. The second-order valence-electron chi connectivity index (χ2n) is 11.0. The number of rotatable bonds is 8. The number of hydrogen-bond acceptors (Lipinski definition) is 8. The van der Waals surface area contributed by atoms with Crippen LogP contribution in [0.3, 0.4) is 0 Å². The standard InChI is InChI=1S/C33H33N5O5S/c1-21-17-31(22(2)43-21)44(41,42)36-26-6-4-5-23(18-26)32(39)24-7-12-28-29(33(40)35-30(28)19-24)20-34-25-8-10-27(11-9-25)38-15-13-37(3)14-16-38/h4-12,17-20,35-36,40H,13-16H2,1-3H3. The van der Waals surface area contributed by atoms with E-state index in [0.717, 1.165) is 37.6 Å². The molecule has 5 aromatic rings. The Bertz CT molecular complexity index is 1980. The van der Waals surface area contributed by atoms with Gasteiger partial charge < -0.3 is 24.3 Å². The van der Waals surface area contributed by atoms with E-state index in [4.69, 9.17) is 4.42 Å². The Morgan fingerprint density at radius 1 is 0.977 bits per heavy atom. The zero-order valence-corrected chi connectivity index (χ0v) is 25.5. The summed E-state index contributed by atoms with van der Waals surface area (Å²) in [6, 6.07) is 20.9. The number of H-pyrrole nitrogens is 1. The van der Waals surface area contributed by atoms with Gasteiger partial charge in [0.05, 0.1) is 11.3 Å². The largest absolute Gasteiger partial charge is 0.494 e. The lowest BCUT2D eigenvalue weighted by atomic mass is 10.0. The summed E-state index contributed by atoms with van der Waals surface area (Å²) >= 11 is 0. The maximum absolute atomic E-state index is 13.4. The third-order valence-electron chi connectivity index (χ3n) is 7.80. The number of furan rings is 1. The van der Waals surface area contributed by atoms with Crippen molar-refractivity contribution in [3.63, 3.8) is 0 Å². The van der Waals surface area contributed by atoms with Gasteiger partial charge in [0.2, 0.25) is 0 Å². The molecule has 0 spiro atoms. The molecule has 1 aliphatic heterocycles. The van der Waals surface area contributed by atoms with Gasteiger partial charge in [-0.1, -0.05) is 24.3 Å². The summed E-state index contributed by atoms with van der Waals surface area (Å²) < 4.78 is 33.7. The number of aromatic nitrogens is 1. The number of benzene rings is 3. The molecule has 0 unspecified atom stereocenters. The van der Waals surface area contributed by atoms with Gasteiger partial charge in [0, 0.05) is 71.9 Å². The third-order valence-corrected chi connectivity index (χ3v) is 9.29. The van der Waals surface area contributed by atoms with Gasteiger partial charge in [-0.2, -0.15) is 0 Å². The molecule has 3 aromatic carbocycles. The topological polar surface area (TPSA) is 131 Å². The van der Waals surface area contributed by atoms with Crippen LogP contribution >= 0.6 is 0 Å². The molecule has 10 nitrogen and oxygen atoms in total. The van der Waals surface area contributed by atoms with E-state index in [1.54, 1.807) is 56.5 Å². The molecule has 3 N–H and O–H groups in total. The van der Waals surface area contributed by atoms with E-state index in [0.29, 0.717) is 33.4 Å². The maximum Gasteiger partial charge on any atom is 0.265 e. The molecule has 0 atom stereocenters. The number of aryl methyl sites for hydroxylation is 2. The molecule has 1 saturated heterocycles. The highest BCUT2D eigenvalue weighted by Gasteiger charge is 2.22. The van der Waals surface area contributed by atoms with E-state index in [9.17, 15) is 18.3 Å². The van der Waals surface area contributed by atoms with Gasteiger partial charge in [-0.25, -0.2) is 8.42 Å². The van der Waals surface area contributed by atoms with Gasteiger partial charge >= 0.3 is 0 Å². The number of fused-ring (bicyclic) bond motifs is 1. The van der Waals surface area contributed by atoms with Crippen LogP contribution in [0.25, 0.3) is 10.9 Å². The van der Waals surface area contributed by atoms with Crippen molar-refractivity contribution in [1.29, 1.82) is 0 Å². The van der Waals surface area contributed by atoms with E-state index >= 15 is 0 Å². The average molecular weight is 612 g/mol. The van der Waals surface area contributed by atoms with Crippen LogP contribution in [-0.4, -0.2) is 68.6 Å². The van der Waals surface area contributed by atoms with Crippen molar-refractivity contribution < 1.29 is 22.7 Å². The summed E-state index contributed by atoms with van der Waals surface area (Å²) in [7, 11) is -1.77. The molecule has 3 heterocycles. The molecule has 1 fully saturated rings. The number of aromatic amines is 1. The number of carbonyl (C=O) groups excluding carboxylic acids is 1. The number of nitrogens with zero attached hydrogens (tertiary/aromatic N) is 3. The van der Waals surface area contributed by atoms with Crippen molar-refractivity contribution in [2.45, 2.75) is 18.7 Å². The monoisotopic (exact) mass is 611 g/mol. The van der Waals surface area contributed by atoms with Gasteiger partial charge in [-0.3, -0.25) is 14.5 Å². The Balaban J connectivity index is 1.19. The second-order valence-corrected chi connectivity index (χ2v) is 12.7. The first-order chi connectivity index (χ1) is 21.1. The molecule has 44 heavy (non-hydrogen) atoms. The number of nitrogens with one attached hydrogen (secondary N) is 2. The lowest BCUT2D eigenvalue weighted by Crippen LogP contribution is -2.44. The highest BCUT2D eigenvalue weighted by Crippen LogP contribution is 2.29. The molecule has 2 aromatic heterocycles. The molecule has 1 aliphatic rings. The minimum Gasteiger partial charge on any atom is -0.494 e. The Kier molecular flexibility index (Phi) is 7.74. The molecule has 0 radical (unpaired) electrons. The fraction of sp³-hybridized carbons (Fsp3) is 0.212. The molecular formula is C33H33N5O5S. The fourth-order valence-electron chi connectivity index (χ4n) is 5.41. The summed E-state index contributed by atoms with van der Waals surface area (Å²) in [5, 5.41) is 11.4. The van der Waals surface area contributed by atoms with Gasteiger partial charge in [-0.15, -0.1) is 0 Å². The quantitative estimate of drug-likeness (QED) is 0.153. The highest BCUT2D eigenvalue weighted by molar-refractivity contribution is 7.92. The lowest BCUT2D eigenvalue weighted by molar-refractivity contribution is 0.103. The molecule has 0 saturated carbocycles. The summed E-state index contributed by atoms with van der Waals surface area (Å²) in [6.07, 6.45) is 1.61. The van der Waals surface area contributed by atoms with Gasteiger partial charge in [0.15, 0.2) is 11.7 Å². The zero-order valence-electron chi connectivity index (χ0n) is 24.7. The van der Waals surface area contributed by atoms with Gasteiger partial charge in [0.25, 0.3) is 10.0 Å². The molecule has 6 rings (SSSR count). The van der Waals surface area contributed by atoms with Crippen LogP contribution in [0.4, 0.5) is 17.1 Å². The van der Waals surface area contributed by atoms with Crippen LogP contribution in [0, 0.1) is 13.8 Å². The smallest absolute Gasteiger partial charge is 0.265 e. The molecule has 0 amide bonds. The van der Waals surface area contributed by atoms with E-state index in [1.165, 1.54) is 12.1 Å². The van der Waals surface area contributed by atoms with E-state index in [1.807, 2.05) is 12.1 Å². The van der Waals surface area contributed by atoms with Crippen LogP contribution in [0.2, 0.25) is 0 Å². The molecule has 226 valence electrons. The summed E-state index contributed by atoms with van der Waals surface area (Å²) in [5.41, 5.74) is 3.95. The first-order valence-corrected chi connectivity index (χ1v) is 15.7. The normalized spacial score (nSPS) is 14.5. The molecule has 11 heteroatoms. The lowest BCUT2D eigenvalue weighted by Gasteiger charge is -2.34. The highest BCUT2D eigenvalue weighted by atomic mass is 32.2. The Morgan fingerprint density at radius 2 is 1.70 bits per heavy atom. The number of ketones is 1. The van der Waals surface area contributed by atoms with Crippen molar-refractivity contribution in [3.8, 4) is 5.88 Å². The first kappa shape index (κ1) is 29.2. The van der Waals surface area contributed by atoms with Crippen LogP contribution in [0.5, 0.6) is 5.88 Å². The second kappa shape index (κ2) is 11.7. The van der Waals surface area contributed by atoms with Crippen LogP contribution in [0.15, 0.2) is 87.1 Å². The minimum absolute atomic E-state index is 0.0470. The Morgan fingerprint density at radius 3 is 2.41 bits per heavy atom. The SMILES string of the molecule is Cc1cc(S(=O)(=O)Nc2cccc(C(=O)c3ccc4c(C=Nc5ccc(N6CCN(C)CC6)cc5)c(O)[nH]c4c3)c2)c(C)o1. The number of carbonyl (C=O) groups is 1. The number of aliphatic imine (C=N–C) groups is 1. The zero-order chi connectivity index (χ0) is 31.0. The Labute approximate surface area is 255 Å². The number of anilines is 2. The summed E-state index contributed by atoms with van der Waals surface area (Å²) in [4.78, 5) is 25.6. The van der Waals surface area contributed by atoms with Gasteiger partial charge in [-0.05, 0) is 63.4 Å². The van der Waals surface area contributed by atoms with Crippen molar-refractivity contribution >= 4 is 50.0 Å². The van der Waals surface area contributed by atoms with E-state index in [-0.39, 0.29) is 28.0 Å². The predicted molar refractivity (Wildman–Crippen MR) is 172 cm³/mol. The summed E-state index contributed by atoms with van der Waals surface area (Å²) in [5.74, 6) is 0.423. The molecule has 0 aliphatic carbocycles. The van der Waals surface area contributed by atoms with Crippen LogP contribution in [0.1, 0.15) is 33.0 Å². The van der Waals surface area contributed by atoms with Gasteiger partial charge in [0.1, 0.15) is 16.4 Å². The maximum atomic E-state index is 13.4. The number of piperazine rings is 1. The van der Waals surface area contributed by atoms with E-state index in [2.05, 4.69) is 43.7 Å². The fourth-order valence-corrected chi connectivity index (χ4v) is 6.69. The molecule has 0 bridgehead atoms. The average Bonchev–Trinajstić information content (AvgIpc) is 3.52. The van der Waals surface area contributed by atoms with Crippen LogP contribution in [-0.2, 0) is 10.0 Å². The number of hydrogen-bond donors (Lipinski definition) is 3. The van der Waals surface area contributed by atoms with Crippen molar-refractivity contribution in [1.82, 2.24) is 9.88 Å². The van der Waals surface area contributed by atoms with E-state index < -0.39 is 10.0 Å². The number of sulfonamides is 1. The van der Waals surface area contributed by atoms with Crippen molar-refractivity contribution in [2.24, 2.45) is 4.99 Å². The van der Waals surface area contributed by atoms with Crippen LogP contribution < -0.4 is 9.62 Å². The minimum atomic E-state index is -3.90.